The Bertz CT molecular complexity index is 411. The van der Waals surface area contributed by atoms with Crippen molar-refractivity contribution in [1.82, 2.24) is 19.7 Å². The Morgan fingerprint density at radius 1 is 1.53 bits per heavy atom. The molecule has 0 radical (unpaired) electrons. The first kappa shape index (κ1) is 12.7. The number of morpholine rings is 1. The minimum atomic E-state index is -0.0966. The molecule has 1 aliphatic heterocycles. The summed E-state index contributed by atoms with van der Waals surface area (Å²) in [7, 11) is 0. The maximum Gasteiger partial charge on any atom is 0.195 e. The van der Waals surface area contributed by atoms with Gasteiger partial charge >= 0.3 is 0 Å². The van der Waals surface area contributed by atoms with Crippen molar-refractivity contribution in [3.63, 3.8) is 0 Å². The van der Waals surface area contributed by atoms with Gasteiger partial charge in [-0.2, -0.15) is 5.10 Å². The number of aromatic amines is 1. The number of aromatic nitrogens is 3. The summed E-state index contributed by atoms with van der Waals surface area (Å²) in [5.74, 6) is 0.593. The van der Waals surface area contributed by atoms with Gasteiger partial charge < -0.3 is 9.84 Å². The minimum absolute atomic E-state index is 0.0966. The molecule has 0 spiro atoms. The predicted octanol–water partition coefficient (Wildman–Crippen LogP) is 0.326. The predicted molar refractivity (Wildman–Crippen MR) is 65.3 cm³/mol. The molecule has 1 aromatic heterocycles. The Balaban J connectivity index is 2.05. The topological polar surface area (TPSA) is 66.3 Å². The first-order valence-electron chi connectivity index (χ1n) is 5.79. The fraction of sp³-hybridized carbons (Fsp3) is 0.800. The maximum atomic E-state index is 9.20. The highest BCUT2D eigenvalue weighted by molar-refractivity contribution is 7.71. The van der Waals surface area contributed by atoms with Crippen molar-refractivity contribution in [3.8, 4) is 0 Å². The fourth-order valence-corrected chi connectivity index (χ4v) is 2.47. The Labute approximate surface area is 105 Å². The summed E-state index contributed by atoms with van der Waals surface area (Å²) in [6, 6.07) is 0.196. The van der Waals surface area contributed by atoms with Crippen molar-refractivity contribution in [2.24, 2.45) is 0 Å². The van der Waals surface area contributed by atoms with Crippen LogP contribution in [0.5, 0.6) is 0 Å². The van der Waals surface area contributed by atoms with E-state index in [-0.39, 0.29) is 12.6 Å². The van der Waals surface area contributed by atoms with E-state index in [1.54, 1.807) is 0 Å². The van der Waals surface area contributed by atoms with E-state index in [4.69, 9.17) is 17.0 Å². The molecule has 0 saturated carbocycles. The van der Waals surface area contributed by atoms with E-state index in [1.165, 1.54) is 0 Å². The second kappa shape index (κ2) is 5.72. The lowest BCUT2D eigenvalue weighted by Gasteiger charge is -2.29. The summed E-state index contributed by atoms with van der Waals surface area (Å²) in [6.45, 7) is 6.35. The van der Waals surface area contributed by atoms with Gasteiger partial charge in [0.15, 0.2) is 10.6 Å². The smallest absolute Gasteiger partial charge is 0.195 e. The molecule has 6 nitrogen and oxygen atoms in total. The van der Waals surface area contributed by atoms with Crippen molar-refractivity contribution >= 4 is 12.2 Å². The number of hydrogen-bond acceptors (Lipinski definition) is 5. The van der Waals surface area contributed by atoms with Gasteiger partial charge in [-0.3, -0.25) is 14.6 Å². The summed E-state index contributed by atoms with van der Waals surface area (Å²) < 4.78 is 7.76. The molecule has 96 valence electrons. The van der Waals surface area contributed by atoms with Gasteiger partial charge in [0.1, 0.15) is 6.61 Å². The fourth-order valence-electron chi connectivity index (χ4n) is 2.14. The first-order chi connectivity index (χ1) is 8.22. The maximum absolute atomic E-state index is 9.20. The number of H-pyrrole nitrogens is 1. The van der Waals surface area contributed by atoms with E-state index in [1.807, 2.05) is 4.57 Å². The van der Waals surface area contributed by atoms with Crippen LogP contribution in [0, 0.1) is 4.77 Å². The Morgan fingerprint density at radius 2 is 2.24 bits per heavy atom. The van der Waals surface area contributed by atoms with E-state index in [0.29, 0.717) is 10.6 Å². The molecule has 17 heavy (non-hydrogen) atoms. The molecule has 0 amide bonds. The molecule has 1 aliphatic rings. The minimum Gasteiger partial charge on any atom is -0.388 e. The van der Waals surface area contributed by atoms with Crippen molar-refractivity contribution < 1.29 is 9.84 Å². The van der Waals surface area contributed by atoms with Crippen LogP contribution in [0.2, 0.25) is 0 Å². The average Bonchev–Trinajstić information content (AvgIpc) is 2.71. The zero-order valence-corrected chi connectivity index (χ0v) is 10.7. The number of nitrogens with zero attached hydrogens (tertiary/aromatic N) is 3. The quantitative estimate of drug-likeness (QED) is 0.762. The number of rotatable bonds is 4. The molecule has 1 atom stereocenters. The molecule has 1 unspecified atom stereocenters. The van der Waals surface area contributed by atoms with Crippen molar-refractivity contribution in [2.75, 3.05) is 32.8 Å². The summed E-state index contributed by atoms with van der Waals surface area (Å²) >= 11 is 5.17. The van der Waals surface area contributed by atoms with Gasteiger partial charge in [-0.1, -0.05) is 0 Å². The summed E-state index contributed by atoms with van der Waals surface area (Å²) in [5.41, 5.74) is 0. The summed E-state index contributed by atoms with van der Waals surface area (Å²) in [4.78, 5) is 2.34. The van der Waals surface area contributed by atoms with Crippen LogP contribution in [0.15, 0.2) is 0 Å². The van der Waals surface area contributed by atoms with Gasteiger partial charge in [-0.05, 0) is 19.1 Å². The summed E-state index contributed by atoms with van der Waals surface area (Å²) in [6.07, 6.45) is 0. The second-order valence-electron chi connectivity index (χ2n) is 4.24. The van der Waals surface area contributed by atoms with E-state index >= 15 is 0 Å². The van der Waals surface area contributed by atoms with Crippen molar-refractivity contribution in [2.45, 2.75) is 19.6 Å². The molecule has 1 saturated heterocycles. The molecule has 7 heteroatoms. The Kier molecular flexibility index (Phi) is 4.27. The van der Waals surface area contributed by atoms with Crippen LogP contribution in [-0.4, -0.2) is 57.6 Å². The lowest BCUT2D eigenvalue weighted by atomic mass is 10.3. The third-order valence-electron chi connectivity index (χ3n) is 2.99. The molecule has 0 aliphatic carbocycles. The Morgan fingerprint density at radius 3 is 2.88 bits per heavy atom. The van der Waals surface area contributed by atoms with E-state index in [0.717, 1.165) is 32.8 Å². The molecule has 0 bridgehead atoms. The van der Waals surface area contributed by atoms with Gasteiger partial charge in [-0.25, -0.2) is 0 Å². The summed E-state index contributed by atoms with van der Waals surface area (Å²) in [5, 5.41) is 15.9. The van der Waals surface area contributed by atoms with Gasteiger partial charge in [0.2, 0.25) is 0 Å². The van der Waals surface area contributed by atoms with Gasteiger partial charge in [-0.15, -0.1) is 0 Å². The SMILES string of the molecule is CC(CN1CCOCC1)n1c(CO)n[nH]c1=S. The first-order valence-corrected chi connectivity index (χ1v) is 6.20. The van der Waals surface area contributed by atoms with E-state index in [2.05, 4.69) is 22.0 Å². The number of ether oxygens (including phenoxy) is 1. The van der Waals surface area contributed by atoms with Crippen molar-refractivity contribution in [3.05, 3.63) is 10.6 Å². The third kappa shape index (κ3) is 2.92. The van der Waals surface area contributed by atoms with Crippen LogP contribution in [0.3, 0.4) is 0 Å². The molecule has 2 rings (SSSR count). The Hall–Kier alpha value is -0.760. The van der Waals surface area contributed by atoms with Gasteiger partial charge in [0, 0.05) is 25.7 Å². The molecular weight excluding hydrogens is 240 g/mol. The van der Waals surface area contributed by atoms with Crippen LogP contribution < -0.4 is 0 Å². The number of hydrogen-bond donors (Lipinski definition) is 2. The van der Waals surface area contributed by atoms with Crippen LogP contribution in [0.25, 0.3) is 0 Å². The molecule has 0 aromatic carbocycles. The van der Waals surface area contributed by atoms with Crippen molar-refractivity contribution in [1.29, 1.82) is 0 Å². The van der Waals surface area contributed by atoms with Crippen LogP contribution >= 0.6 is 12.2 Å². The van der Waals surface area contributed by atoms with E-state index < -0.39 is 0 Å². The van der Waals surface area contributed by atoms with Crippen LogP contribution in [0.1, 0.15) is 18.8 Å². The molecule has 2 N–H and O–H groups in total. The van der Waals surface area contributed by atoms with Crippen LogP contribution in [-0.2, 0) is 11.3 Å². The highest BCUT2D eigenvalue weighted by Gasteiger charge is 2.17. The monoisotopic (exact) mass is 258 g/mol. The largest absolute Gasteiger partial charge is 0.388 e. The van der Waals surface area contributed by atoms with Gasteiger partial charge in [0.25, 0.3) is 0 Å². The second-order valence-corrected chi connectivity index (χ2v) is 4.62. The zero-order valence-electron chi connectivity index (χ0n) is 9.93. The average molecular weight is 258 g/mol. The zero-order chi connectivity index (χ0) is 12.3. The molecule has 1 fully saturated rings. The van der Waals surface area contributed by atoms with Crippen LogP contribution in [0.4, 0.5) is 0 Å². The molecule has 2 heterocycles. The lowest BCUT2D eigenvalue weighted by molar-refractivity contribution is 0.0321. The highest BCUT2D eigenvalue weighted by atomic mass is 32.1. The normalized spacial score (nSPS) is 19.4. The number of nitrogens with one attached hydrogen (secondary N) is 1. The standard InChI is InChI=1S/C10H18N4O2S/c1-8(6-13-2-4-16-5-3-13)14-9(7-15)11-12-10(14)17/h8,15H,2-7H2,1H3,(H,12,17). The van der Waals surface area contributed by atoms with E-state index in [9.17, 15) is 5.11 Å². The third-order valence-corrected chi connectivity index (χ3v) is 3.27. The highest BCUT2D eigenvalue weighted by Crippen LogP contribution is 2.12. The molecular formula is C10H18N4O2S. The lowest BCUT2D eigenvalue weighted by Crippen LogP contribution is -2.39. The van der Waals surface area contributed by atoms with Gasteiger partial charge in [0.05, 0.1) is 13.2 Å². The number of aliphatic hydroxyl groups is 1. The molecule has 1 aromatic rings. The number of aliphatic hydroxyl groups excluding tert-OH is 1.